The molecule has 27 heavy (non-hydrogen) atoms. The van der Waals surface area contributed by atoms with E-state index in [1.165, 1.54) is 23.6 Å². The average Bonchev–Trinajstić information content (AvgIpc) is 3.15. The molecule has 0 aliphatic carbocycles. The van der Waals surface area contributed by atoms with Gasteiger partial charge in [0.2, 0.25) is 0 Å². The fraction of sp³-hybridized carbons (Fsp3) is 0.105. The zero-order valence-electron chi connectivity index (χ0n) is 14.4. The Morgan fingerprint density at radius 2 is 1.85 bits per heavy atom. The smallest absolute Gasteiger partial charge is 0.271 e. The van der Waals surface area contributed by atoms with Gasteiger partial charge in [0.05, 0.1) is 12.7 Å². The Kier molecular flexibility index (Phi) is 5.77. The highest BCUT2D eigenvalue weighted by Crippen LogP contribution is 2.19. The van der Waals surface area contributed by atoms with E-state index < -0.39 is 11.7 Å². The number of methoxy groups -OCH3 is 1. The van der Waals surface area contributed by atoms with Gasteiger partial charge in [-0.3, -0.25) is 14.9 Å². The van der Waals surface area contributed by atoms with Crippen LogP contribution < -0.4 is 15.4 Å². The van der Waals surface area contributed by atoms with Crippen LogP contribution in [0.25, 0.3) is 0 Å². The number of ether oxygens (including phenoxy) is 1. The first-order valence-electron chi connectivity index (χ1n) is 8.00. The van der Waals surface area contributed by atoms with Gasteiger partial charge in [0.15, 0.2) is 5.13 Å². The van der Waals surface area contributed by atoms with Gasteiger partial charge in [-0.25, -0.2) is 9.37 Å². The van der Waals surface area contributed by atoms with E-state index in [4.69, 9.17) is 4.74 Å². The molecule has 0 radical (unpaired) electrons. The number of benzene rings is 2. The van der Waals surface area contributed by atoms with Crippen molar-refractivity contribution >= 4 is 28.3 Å². The number of carbonyl (C=O) groups is 2. The van der Waals surface area contributed by atoms with Crippen molar-refractivity contribution in [2.45, 2.75) is 6.54 Å². The Labute approximate surface area is 159 Å². The van der Waals surface area contributed by atoms with Crippen molar-refractivity contribution in [2.24, 2.45) is 0 Å². The number of carbonyl (C=O) groups excluding carboxylic acids is 2. The zero-order chi connectivity index (χ0) is 19.2. The zero-order valence-corrected chi connectivity index (χ0v) is 15.2. The summed E-state index contributed by atoms with van der Waals surface area (Å²) in [6, 6.07) is 13.0. The third kappa shape index (κ3) is 4.48. The third-order valence-electron chi connectivity index (χ3n) is 3.71. The first-order chi connectivity index (χ1) is 13.1. The van der Waals surface area contributed by atoms with Gasteiger partial charge >= 0.3 is 0 Å². The molecule has 1 aromatic heterocycles. The van der Waals surface area contributed by atoms with Crippen molar-refractivity contribution in [2.75, 3.05) is 12.4 Å². The summed E-state index contributed by atoms with van der Waals surface area (Å²) in [5.74, 6) is -0.956. The molecule has 6 nitrogen and oxygen atoms in total. The number of hydrogen-bond donors (Lipinski definition) is 2. The quantitative estimate of drug-likeness (QED) is 0.681. The molecule has 0 saturated heterocycles. The molecular formula is C19H16FN3O3S. The fourth-order valence-corrected chi connectivity index (χ4v) is 3.05. The molecule has 2 N–H and O–H groups in total. The van der Waals surface area contributed by atoms with E-state index in [1.54, 1.807) is 19.2 Å². The molecule has 8 heteroatoms. The number of amides is 2. The summed E-state index contributed by atoms with van der Waals surface area (Å²) >= 11 is 1.09. The summed E-state index contributed by atoms with van der Waals surface area (Å²) in [6.07, 6.45) is 0. The van der Waals surface area contributed by atoms with Crippen LogP contribution in [0.15, 0.2) is 53.9 Å². The van der Waals surface area contributed by atoms with Crippen LogP contribution in [0.4, 0.5) is 9.52 Å². The van der Waals surface area contributed by atoms with Crippen LogP contribution >= 0.6 is 11.3 Å². The second-order valence-corrected chi connectivity index (χ2v) is 6.32. The Bertz CT molecular complexity index is 974. The van der Waals surface area contributed by atoms with Crippen molar-refractivity contribution in [1.29, 1.82) is 0 Å². The lowest BCUT2D eigenvalue weighted by atomic mass is 10.2. The Morgan fingerprint density at radius 1 is 1.11 bits per heavy atom. The predicted octanol–water partition coefficient (Wildman–Crippen LogP) is 3.47. The first kappa shape index (κ1) is 18.5. The number of anilines is 1. The van der Waals surface area contributed by atoms with Crippen LogP contribution in [0.5, 0.6) is 5.75 Å². The van der Waals surface area contributed by atoms with Crippen LogP contribution in [0.2, 0.25) is 0 Å². The molecule has 0 aliphatic heterocycles. The molecule has 0 aliphatic rings. The number of nitrogens with one attached hydrogen (secondary N) is 2. The lowest BCUT2D eigenvalue weighted by Gasteiger charge is -2.08. The van der Waals surface area contributed by atoms with E-state index in [2.05, 4.69) is 15.6 Å². The number of aromatic nitrogens is 1. The van der Waals surface area contributed by atoms with Gasteiger partial charge in [0.1, 0.15) is 17.3 Å². The molecule has 138 valence electrons. The summed E-state index contributed by atoms with van der Waals surface area (Å²) in [4.78, 5) is 28.4. The minimum absolute atomic E-state index is 0.0881. The maximum atomic E-state index is 13.6. The first-order valence-corrected chi connectivity index (χ1v) is 8.88. The van der Waals surface area contributed by atoms with Gasteiger partial charge in [-0.1, -0.05) is 30.3 Å². The highest BCUT2D eigenvalue weighted by atomic mass is 32.1. The lowest BCUT2D eigenvalue weighted by Crippen LogP contribution is -2.23. The molecule has 2 aromatic carbocycles. The number of thiazole rings is 1. The van der Waals surface area contributed by atoms with Crippen molar-refractivity contribution in [1.82, 2.24) is 10.3 Å². The second-order valence-electron chi connectivity index (χ2n) is 5.47. The highest BCUT2D eigenvalue weighted by molar-refractivity contribution is 7.14. The number of rotatable bonds is 6. The summed E-state index contributed by atoms with van der Waals surface area (Å²) in [7, 11) is 1.56. The number of nitrogens with zero attached hydrogens (tertiary/aromatic N) is 1. The van der Waals surface area contributed by atoms with Crippen LogP contribution in [-0.2, 0) is 6.54 Å². The van der Waals surface area contributed by atoms with Crippen LogP contribution in [-0.4, -0.2) is 23.9 Å². The molecule has 0 bridgehead atoms. The largest absolute Gasteiger partial charge is 0.496 e. The molecule has 0 saturated carbocycles. The minimum atomic E-state index is -0.624. The summed E-state index contributed by atoms with van der Waals surface area (Å²) < 4.78 is 18.9. The SMILES string of the molecule is COc1ccccc1CNC(=O)c1csc(NC(=O)c2ccccc2F)n1. The maximum Gasteiger partial charge on any atom is 0.271 e. The van der Waals surface area contributed by atoms with Gasteiger partial charge in [0.25, 0.3) is 11.8 Å². The molecule has 0 atom stereocenters. The Hall–Kier alpha value is -3.26. The molecule has 0 fully saturated rings. The van der Waals surface area contributed by atoms with E-state index >= 15 is 0 Å². The third-order valence-corrected chi connectivity index (χ3v) is 4.47. The summed E-state index contributed by atoms with van der Waals surface area (Å²) in [5, 5.41) is 6.98. The van der Waals surface area contributed by atoms with Crippen molar-refractivity contribution in [3.05, 3.63) is 76.5 Å². The van der Waals surface area contributed by atoms with Crippen LogP contribution in [0, 0.1) is 5.82 Å². The molecule has 0 spiro atoms. The Morgan fingerprint density at radius 3 is 2.63 bits per heavy atom. The Balaban J connectivity index is 1.62. The second kappa shape index (κ2) is 8.41. The average molecular weight is 385 g/mol. The molecule has 3 rings (SSSR count). The van der Waals surface area contributed by atoms with Gasteiger partial charge in [-0.15, -0.1) is 11.3 Å². The topological polar surface area (TPSA) is 80.3 Å². The van der Waals surface area contributed by atoms with E-state index in [0.717, 1.165) is 16.9 Å². The molecule has 0 unspecified atom stereocenters. The monoisotopic (exact) mass is 385 g/mol. The normalized spacial score (nSPS) is 10.3. The summed E-state index contributed by atoms with van der Waals surface area (Å²) in [6.45, 7) is 0.275. The van der Waals surface area contributed by atoms with Gasteiger partial charge in [0, 0.05) is 17.5 Å². The van der Waals surface area contributed by atoms with Gasteiger partial charge in [-0.05, 0) is 18.2 Å². The minimum Gasteiger partial charge on any atom is -0.496 e. The van der Waals surface area contributed by atoms with E-state index in [-0.39, 0.29) is 28.8 Å². The maximum absolute atomic E-state index is 13.6. The lowest BCUT2D eigenvalue weighted by molar-refractivity contribution is 0.0944. The van der Waals surface area contributed by atoms with Gasteiger partial charge < -0.3 is 10.1 Å². The molecular weight excluding hydrogens is 369 g/mol. The molecule has 1 heterocycles. The van der Waals surface area contributed by atoms with Crippen LogP contribution in [0.3, 0.4) is 0 Å². The van der Waals surface area contributed by atoms with E-state index in [1.807, 2.05) is 18.2 Å². The fourth-order valence-electron chi connectivity index (χ4n) is 2.36. The molecule has 3 aromatic rings. The van der Waals surface area contributed by atoms with E-state index in [0.29, 0.717) is 5.75 Å². The standard InChI is InChI=1S/C19H16FN3O3S/c1-26-16-9-5-2-6-12(16)10-21-18(25)15-11-27-19(22-15)23-17(24)13-7-3-4-8-14(13)20/h2-9,11H,10H2,1H3,(H,21,25)(H,22,23,24). The van der Waals surface area contributed by atoms with Crippen LogP contribution in [0.1, 0.15) is 26.4 Å². The highest BCUT2D eigenvalue weighted by Gasteiger charge is 2.15. The van der Waals surface area contributed by atoms with Crippen molar-refractivity contribution in [3.8, 4) is 5.75 Å². The predicted molar refractivity (Wildman–Crippen MR) is 101 cm³/mol. The van der Waals surface area contributed by atoms with E-state index in [9.17, 15) is 14.0 Å². The summed E-state index contributed by atoms with van der Waals surface area (Å²) in [5.41, 5.74) is 0.908. The molecule has 2 amide bonds. The number of hydrogen-bond acceptors (Lipinski definition) is 5. The van der Waals surface area contributed by atoms with Crippen molar-refractivity contribution < 1.29 is 18.7 Å². The van der Waals surface area contributed by atoms with Gasteiger partial charge in [-0.2, -0.15) is 0 Å². The number of halogens is 1. The number of para-hydroxylation sites is 1. The van der Waals surface area contributed by atoms with Crippen molar-refractivity contribution in [3.63, 3.8) is 0 Å².